The molecule has 1 fully saturated rings. The van der Waals surface area contributed by atoms with Crippen molar-refractivity contribution in [2.75, 3.05) is 5.32 Å². The molecule has 2 atom stereocenters. The van der Waals surface area contributed by atoms with Crippen LogP contribution in [0, 0.1) is 11.8 Å². The minimum Gasteiger partial charge on any atom is -0.481 e. The van der Waals surface area contributed by atoms with Gasteiger partial charge in [-0.05, 0) is 31.4 Å². The molecule has 1 aliphatic carbocycles. The first-order valence-corrected chi connectivity index (χ1v) is 6.89. The van der Waals surface area contributed by atoms with Crippen molar-refractivity contribution in [2.24, 2.45) is 11.8 Å². The van der Waals surface area contributed by atoms with Crippen molar-refractivity contribution < 1.29 is 23.5 Å². The van der Waals surface area contributed by atoms with Crippen molar-refractivity contribution >= 4 is 17.6 Å². The van der Waals surface area contributed by atoms with E-state index in [1.807, 2.05) is 0 Å². The lowest BCUT2D eigenvalue weighted by molar-refractivity contribution is -0.143. The van der Waals surface area contributed by atoms with Crippen LogP contribution < -0.4 is 5.32 Å². The third-order valence-corrected chi connectivity index (χ3v) is 3.80. The van der Waals surface area contributed by atoms with Crippen molar-refractivity contribution in [2.45, 2.75) is 32.1 Å². The summed E-state index contributed by atoms with van der Waals surface area (Å²) in [5, 5.41) is 11.6. The van der Waals surface area contributed by atoms with Gasteiger partial charge < -0.3 is 10.4 Å². The topological polar surface area (TPSA) is 66.4 Å². The van der Waals surface area contributed by atoms with Crippen LogP contribution in [0.2, 0.25) is 0 Å². The highest BCUT2D eigenvalue weighted by Gasteiger charge is 2.31. The Morgan fingerprint density at radius 1 is 1.24 bits per heavy atom. The Bertz CT molecular complexity index is 533. The highest BCUT2D eigenvalue weighted by atomic mass is 19.3. The highest BCUT2D eigenvalue weighted by Crippen LogP contribution is 2.30. The van der Waals surface area contributed by atoms with Gasteiger partial charge in [-0.1, -0.05) is 18.6 Å². The number of carbonyl (C=O) groups excluding carboxylic acids is 1. The molecule has 0 spiro atoms. The molecule has 1 amide bonds. The van der Waals surface area contributed by atoms with Crippen LogP contribution in [-0.4, -0.2) is 17.0 Å². The number of hydrogen-bond acceptors (Lipinski definition) is 2. The fourth-order valence-electron chi connectivity index (χ4n) is 2.65. The summed E-state index contributed by atoms with van der Waals surface area (Å²) in [6.45, 7) is 0. The third kappa shape index (κ3) is 4.00. The van der Waals surface area contributed by atoms with Gasteiger partial charge in [0.1, 0.15) is 0 Å². The number of benzene rings is 1. The Kier molecular flexibility index (Phi) is 4.88. The van der Waals surface area contributed by atoms with E-state index in [9.17, 15) is 18.4 Å². The Morgan fingerprint density at radius 3 is 2.62 bits per heavy atom. The molecule has 1 aromatic rings. The summed E-state index contributed by atoms with van der Waals surface area (Å²) in [4.78, 5) is 23.1. The zero-order valence-corrected chi connectivity index (χ0v) is 11.4. The Balaban J connectivity index is 2.01. The van der Waals surface area contributed by atoms with Gasteiger partial charge in [-0.3, -0.25) is 9.59 Å². The van der Waals surface area contributed by atoms with Crippen LogP contribution in [-0.2, 0) is 9.59 Å². The second-order valence-electron chi connectivity index (χ2n) is 5.31. The van der Waals surface area contributed by atoms with Gasteiger partial charge in [0.15, 0.2) is 0 Å². The number of rotatable bonds is 4. The second kappa shape index (κ2) is 6.65. The zero-order chi connectivity index (χ0) is 15.4. The number of alkyl halides is 2. The number of carboxylic acid groups (broad SMARTS) is 1. The van der Waals surface area contributed by atoms with Gasteiger partial charge in [-0.2, -0.15) is 0 Å². The molecule has 6 heteroatoms. The molecule has 2 rings (SSSR count). The number of carboxylic acids is 1. The number of hydrogen-bond donors (Lipinski definition) is 2. The van der Waals surface area contributed by atoms with Gasteiger partial charge in [0.25, 0.3) is 6.43 Å². The molecule has 1 saturated carbocycles. The summed E-state index contributed by atoms with van der Waals surface area (Å²) >= 11 is 0. The van der Waals surface area contributed by atoms with Crippen molar-refractivity contribution in [1.29, 1.82) is 0 Å². The summed E-state index contributed by atoms with van der Waals surface area (Å²) in [5.41, 5.74) is 0.162. The first kappa shape index (κ1) is 15.4. The van der Waals surface area contributed by atoms with Crippen LogP contribution in [0.15, 0.2) is 24.3 Å². The fraction of sp³-hybridized carbons (Fsp3) is 0.467. The summed E-state index contributed by atoms with van der Waals surface area (Å²) in [6.07, 6.45) is -0.390. The molecule has 0 radical (unpaired) electrons. The number of halogens is 2. The standard InChI is InChI=1S/C15H17F2NO3/c16-13(17)9-3-2-6-12(8-9)18-14(19)10-4-1-5-11(7-10)15(20)21/h2-3,6,8,10-11,13H,1,4-5,7H2,(H,18,19)(H,20,21). The highest BCUT2D eigenvalue weighted by molar-refractivity contribution is 5.93. The Labute approximate surface area is 121 Å². The molecule has 114 valence electrons. The van der Waals surface area contributed by atoms with E-state index < -0.39 is 18.3 Å². The minimum atomic E-state index is -2.59. The molecule has 0 saturated heterocycles. The maximum absolute atomic E-state index is 12.6. The quantitative estimate of drug-likeness (QED) is 0.894. The van der Waals surface area contributed by atoms with Crippen molar-refractivity contribution in [3.63, 3.8) is 0 Å². The molecular formula is C15H17F2NO3. The molecule has 0 aromatic heterocycles. The van der Waals surface area contributed by atoms with E-state index in [-0.39, 0.29) is 17.4 Å². The van der Waals surface area contributed by atoms with Gasteiger partial charge in [0, 0.05) is 17.2 Å². The van der Waals surface area contributed by atoms with Crippen LogP contribution in [0.1, 0.15) is 37.7 Å². The van der Waals surface area contributed by atoms with Crippen LogP contribution in [0.3, 0.4) is 0 Å². The lowest BCUT2D eigenvalue weighted by Crippen LogP contribution is -2.30. The summed E-state index contributed by atoms with van der Waals surface area (Å²) in [5.74, 6) is -2.06. The predicted molar refractivity (Wildman–Crippen MR) is 73.1 cm³/mol. The number of anilines is 1. The summed E-state index contributed by atoms with van der Waals surface area (Å²) < 4.78 is 25.2. The maximum atomic E-state index is 12.6. The van der Waals surface area contributed by atoms with Gasteiger partial charge in [-0.15, -0.1) is 0 Å². The number of aliphatic carboxylic acids is 1. The minimum absolute atomic E-state index is 0.153. The van der Waals surface area contributed by atoms with E-state index >= 15 is 0 Å². The van der Waals surface area contributed by atoms with E-state index in [1.54, 1.807) is 6.07 Å². The van der Waals surface area contributed by atoms with E-state index in [0.717, 1.165) is 0 Å². The molecule has 1 aromatic carbocycles. The molecule has 0 heterocycles. The fourth-order valence-corrected chi connectivity index (χ4v) is 2.65. The molecule has 0 aliphatic heterocycles. The average molecular weight is 297 g/mol. The van der Waals surface area contributed by atoms with Crippen LogP contribution in [0.4, 0.5) is 14.5 Å². The Morgan fingerprint density at radius 2 is 1.95 bits per heavy atom. The molecular weight excluding hydrogens is 280 g/mol. The van der Waals surface area contributed by atoms with E-state index in [1.165, 1.54) is 18.2 Å². The van der Waals surface area contributed by atoms with E-state index in [2.05, 4.69) is 5.32 Å². The van der Waals surface area contributed by atoms with Gasteiger partial charge >= 0.3 is 5.97 Å². The summed E-state index contributed by atoms with van der Waals surface area (Å²) in [7, 11) is 0. The molecule has 4 nitrogen and oxygen atoms in total. The first-order valence-electron chi connectivity index (χ1n) is 6.89. The molecule has 21 heavy (non-hydrogen) atoms. The molecule has 1 aliphatic rings. The normalized spacial score (nSPS) is 22.0. The molecule has 0 bridgehead atoms. The average Bonchev–Trinajstić information content (AvgIpc) is 2.47. The maximum Gasteiger partial charge on any atom is 0.306 e. The predicted octanol–water partition coefficient (Wildman–Crippen LogP) is 3.45. The van der Waals surface area contributed by atoms with Crippen molar-refractivity contribution in [3.05, 3.63) is 29.8 Å². The number of carbonyl (C=O) groups is 2. The van der Waals surface area contributed by atoms with Crippen LogP contribution >= 0.6 is 0 Å². The van der Waals surface area contributed by atoms with Crippen molar-refractivity contribution in [3.8, 4) is 0 Å². The lowest BCUT2D eigenvalue weighted by atomic mass is 9.81. The van der Waals surface area contributed by atoms with E-state index in [4.69, 9.17) is 5.11 Å². The van der Waals surface area contributed by atoms with Gasteiger partial charge in [0.2, 0.25) is 5.91 Å². The second-order valence-corrected chi connectivity index (χ2v) is 5.31. The SMILES string of the molecule is O=C(O)C1CCCC(C(=O)Nc2cccc(C(F)F)c2)C1. The zero-order valence-electron chi connectivity index (χ0n) is 11.4. The van der Waals surface area contributed by atoms with E-state index in [0.29, 0.717) is 31.4 Å². The molecule has 2 unspecified atom stereocenters. The first-order chi connectivity index (χ1) is 9.97. The van der Waals surface area contributed by atoms with Gasteiger partial charge in [0.05, 0.1) is 5.92 Å². The van der Waals surface area contributed by atoms with Crippen LogP contribution in [0.25, 0.3) is 0 Å². The number of nitrogens with one attached hydrogen (secondary N) is 1. The summed E-state index contributed by atoms with van der Waals surface area (Å²) in [6, 6.07) is 5.53. The van der Waals surface area contributed by atoms with Crippen molar-refractivity contribution in [1.82, 2.24) is 0 Å². The largest absolute Gasteiger partial charge is 0.481 e. The van der Waals surface area contributed by atoms with Crippen LogP contribution in [0.5, 0.6) is 0 Å². The number of amides is 1. The van der Waals surface area contributed by atoms with Gasteiger partial charge in [-0.25, -0.2) is 8.78 Å². The molecule has 2 N–H and O–H groups in total. The smallest absolute Gasteiger partial charge is 0.306 e. The lowest BCUT2D eigenvalue weighted by Gasteiger charge is -2.25. The monoisotopic (exact) mass is 297 g/mol. The Hall–Kier alpha value is -1.98. The third-order valence-electron chi connectivity index (χ3n) is 3.80.